The number of benzene rings is 5. The predicted octanol–water partition coefficient (Wildman–Crippen LogP) is 10.9. The molecule has 366 valence electrons. The quantitative estimate of drug-likeness (QED) is 0.0275. The van der Waals surface area contributed by atoms with Crippen LogP contribution in [0, 0.1) is 0 Å². The Kier molecular flexibility index (Phi) is 24.6. The van der Waals surface area contributed by atoms with Crippen LogP contribution >= 0.6 is 23.2 Å². The monoisotopic (exact) mass is 980 g/mol. The largest absolute Gasteiger partial charge is 0.481 e. The second kappa shape index (κ2) is 30.8. The van der Waals surface area contributed by atoms with E-state index in [1.807, 2.05) is 141 Å². The molecule has 0 radical (unpaired) electrons. The first-order valence-corrected chi connectivity index (χ1v) is 24.1. The fourth-order valence-corrected chi connectivity index (χ4v) is 7.35. The van der Waals surface area contributed by atoms with Gasteiger partial charge in [-0.25, -0.2) is 0 Å². The lowest BCUT2D eigenvalue weighted by Crippen LogP contribution is -2.38. The second-order valence-corrected chi connectivity index (χ2v) is 17.3. The standard InChI is InChI=1S/C31H34ClNO5.C24H28ClNO5/c1-2-3-18-37-30(35)17-16-29(34)33-28(21-31(36)38-22-24-8-5-4-6-9-24)19-23-12-14-25(15-13-23)26-10-7-11-27(32)20-26;1-2-3-13-31-24(30)12-11-22(27)26-21(16-23(28)29)14-17-7-9-18(10-8-17)19-5-4-6-20(25)15-19/h4-15,20,28H,2-3,16-19,21-22H2,1H3,(H,33,34);4-10,15,21H,2-3,11-14,16H2,1H3,(H,26,27)(H,28,29)/t28-;21-/m11/s1. The summed E-state index contributed by atoms with van der Waals surface area (Å²) >= 11 is 12.2. The van der Waals surface area contributed by atoms with Crippen LogP contribution in [-0.2, 0) is 62.4 Å². The molecule has 0 saturated carbocycles. The molecule has 0 aliphatic carbocycles. The maximum atomic E-state index is 12.6. The minimum Gasteiger partial charge on any atom is -0.481 e. The van der Waals surface area contributed by atoms with E-state index in [-0.39, 0.29) is 56.9 Å². The first kappa shape index (κ1) is 55.1. The molecule has 5 rings (SSSR count). The fourth-order valence-electron chi connectivity index (χ4n) is 6.96. The molecule has 69 heavy (non-hydrogen) atoms. The minimum atomic E-state index is -1.00. The zero-order valence-electron chi connectivity index (χ0n) is 39.3. The smallest absolute Gasteiger partial charge is 0.308 e. The Hall–Kier alpha value is -6.50. The van der Waals surface area contributed by atoms with Gasteiger partial charge in [0.1, 0.15) is 6.61 Å². The number of ether oxygens (including phenoxy) is 3. The van der Waals surface area contributed by atoms with Crippen molar-refractivity contribution in [1.82, 2.24) is 10.6 Å². The molecule has 0 fully saturated rings. The van der Waals surface area contributed by atoms with E-state index in [1.165, 1.54) is 0 Å². The number of carbonyl (C=O) groups is 6. The van der Waals surface area contributed by atoms with E-state index >= 15 is 0 Å². The molecule has 0 bridgehead atoms. The highest BCUT2D eigenvalue weighted by Crippen LogP contribution is 2.25. The minimum absolute atomic E-state index is 0.00491. The van der Waals surface area contributed by atoms with Crippen LogP contribution in [0.5, 0.6) is 0 Å². The summed E-state index contributed by atoms with van der Waals surface area (Å²) in [5, 5.41) is 16.1. The molecule has 0 aromatic heterocycles. The van der Waals surface area contributed by atoms with Crippen LogP contribution in [0.2, 0.25) is 10.0 Å². The molecule has 0 heterocycles. The van der Waals surface area contributed by atoms with E-state index in [0.29, 0.717) is 36.1 Å². The van der Waals surface area contributed by atoms with Crippen LogP contribution in [0.15, 0.2) is 127 Å². The van der Waals surface area contributed by atoms with Crippen molar-refractivity contribution in [3.8, 4) is 22.3 Å². The van der Waals surface area contributed by atoms with E-state index in [1.54, 1.807) is 0 Å². The number of esters is 3. The molecule has 0 unspecified atom stereocenters. The van der Waals surface area contributed by atoms with Gasteiger partial charge in [-0.3, -0.25) is 28.8 Å². The third kappa shape index (κ3) is 22.4. The van der Waals surface area contributed by atoms with Gasteiger partial charge in [-0.1, -0.05) is 153 Å². The van der Waals surface area contributed by atoms with Crippen LogP contribution in [0.4, 0.5) is 0 Å². The van der Waals surface area contributed by atoms with Crippen LogP contribution in [0.3, 0.4) is 0 Å². The van der Waals surface area contributed by atoms with Crippen molar-refractivity contribution < 1.29 is 48.1 Å². The average molecular weight is 982 g/mol. The Balaban J connectivity index is 0.000000307. The molecule has 0 spiro atoms. The highest BCUT2D eigenvalue weighted by atomic mass is 35.5. The van der Waals surface area contributed by atoms with E-state index in [2.05, 4.69) is 10.6 Å². The van der Waals surface area contributed by atoms with Gasteiger partial charge < -0.3 is 30.0 Å². The van der Waals surface area contributed by atoms with Gasteiger partial charge in [0.15, 0.2) is 0 Å². The normalized spacial score (nSPS) is 11.5. The van der Waals surface area contributed by atoms with Crippen molar-refractivity contribution in [3.05, 3.63) is 154 Å². The molecular weight excluding hydrogens is 920 g/mol. The van der Waals surface area contributed by atoms with E-state index < -0.39 is 36.0 Å². The molecule has 0 saturated heterocycles. The van der Waals surface area contributed by atoms with Crippen LogP contribution < -0.4 is 10.6 Å². The molecule has 5 aromatic rings. The summed E-state index contributed by atoms with van der Waals surface area (Å²) in [7, 11) is 0. The molecule has 2 amide bonds. The second-order valence-electron chi connectivity index (χ2n) is 16.4. The van der Waals surface area contributed by atoms with Gasteiger partial charge in [0.25, 0.3) is 0 Å². The topological polar surface area (TPSA) is 174 Å². The van der Waals surface area contributed by atoms with Crippen LogP contribution in [0.25, 0.3) is 22.3 Å². The predicted molar refractivity (Wildman–Crippen MR) is 268 cm³/mol. The highest BCUT2D eigenvalue weighted by Gasteiger charge is 2.21. The van der Waals surface area contributed by atoms with Crippen molar-refractivity contribution in [3.63, 3.8) is 0 Å². The fraction of sp³-hybridized carbons (Fsp3) is 0.345. The summed E-state index contributed by atoms with van der Waals surface area (Å²) in [6.45, 7) is 4.88. The van der Waals surface area contributed by atoms with Gasteiger partial charge in [0.2, 0.25) is 11.8 Å². The Labute approximate surface area is 415 Å². The van der Waals surface area contributed by atoms with Gasteiger partial charge >= 0.3 is 23.9 Å². The van der Waals surface area contributed by atoms with Crippen molar-refractivity contribution in [2.45, 2.75) is 110 Å². The number of carbonyl (C=O) groups excluding carboxylic acids is 5. The summed E-state index contributed by atoms with van der Waals surface area (Å²) in [5.74, 6) is -2.91. The molecule has 0 aliphatic rings. The number of carboxylic acid groups (broad SMARTS) is 1. The maximum absolute atomic E-state index is 12.6. The van der Waals surface area contributed by atoms with Gasteiger partial charge in [-0.15, -0.1) is 0 Å². The van der Waals surface area contributed by atoms with Crippen LogP contribution in [0.1, 0.15) is 94.7 Å². The third-order valence-corrected chi connectivity index (χ3v) is 11.1. The zero-order valence-corrected chi connectivity index (χ0v) is 40.8. The van der Waals surface area contributed by atoms with Gasteiger partial charge in [-0.2, -0.15) is 0 Å². The Bertz CT molecular complexity index is 2390. The number of amides is 2. The summed E-state index contributed by atoms with van der Waals surface area (Å²) in [6.07, 6.45) is 3.97. The Morgan fingerprint density at radius 1 is 0.493 bits per heavy atom. The summed E-state index contributed by atoms with van der Waals surface area (Å²) < 4.78 is 15.6. The SMILES string of the molecule is CCCCOC(=O)CCC(=O)N[C@@H](CC(=O)O)Cc1ccc(-c2cccc(Cl)c2)cc1.CCCCOC(=O)CCC(=O)N[C@@H](CC(=O)OCc1ccccc1)Cc1ccc(-c2cccc(Cl)c2)cc1. The Morgan fingerprint density at radius 2 is 0.942 bits per heavy atom. The summed E-state index contributed by atoms with van der Waals surface area (Å²) in [6, 6.07) is 39.1. The third-order valence-electron chi connectivity index (χ3n) is 10.6. The summed E-state index contributed by atoms with van der Waals surface area (Å²) in [5.41, 5.74) is 6.74. The van der Waals surface area contributed by atoms with Gasteiger partial charge in [0, 0.05) is 35.0 Å². The average Bonchev–Trinajstić information content (AvgIpc) is 3.33. The zero-order chi connectivity index (χ0) is 49.8. The van der Waals surface area contributed by atoms with Crippen molar-refractivity contribution >= 4 is 58.9 Å². The maximum Gasteiger partial charge on any atom is 0.308 e. The lowest BCUT2D eigenvalue weighted by molar-refractivity contribution is -0.147. The lowest BCUT2D eigenvalue weighted by Gasteiger charge is -2.19. The molecule has 3 N–H and O–H groups in total. The highest BCUT2D eigenvalue weighted by molar-refractivity contribution is 6.31. The number of rotatable bonds is 26. The number of hydrogen-bond acceptors (Lipinski definition) is 9. The first-order chi connectivity index (χ1) is 33.3. The number of carboxylic acids is 1. The van der Waals surface area contributed by atoms with E-state index in [0.717, 1.165) is 64.6 Å². The number of aliphatic carboxylic acids is 1. The number of nitrogens with one attached hydrogen (secondary N) is 2. The lowest BCUT2D eigenvalue weighted by atomic mass is 9.99. The van der Waals surface area contributed by atoms with E-state index in [4.69, 9.17) is 37.4 Å². The first-order valence-electron chi connectivity index (χ1n) is 23.3. The van der Waals surface area contributed by atoms with Gasteiger partial charge in [0.05, 0.1) is 38.9 Å². The number of hydrogen-bond donors (Lipinski definition) is 3. The Morgan fingerprint density at radius 3 is 1.36 bits per heavy atom. The van der Waals surface area contributed by atoms with Crippen molar-refractivity contribution in [1.29, 1.82) is 0 Å². The molecule has 5 aromatic carbocycles. The van der Waals surface area contributed by atoms with Crippen molar-refractivity contribution in [2.75, 3.05) is 13.2 Å². The summed E-state index contributed by atoms with van der Waals surface area (Å²) in [4.78, 5) is 72.2. The van der Waals surface area contributed by atoms with E-state index in [9.17, 15) is 33.9 Å². The van der Waals surface area contributed by atoms with Crippen molar-refractivity contribution in [2.24, 2.45) is 0 Å². The van der Waals surface area contributed by atoms with Crippen LogP contribution in [-0.4, -0.2) is 66.1 Å². The molecular formula is C55H62Cl2N2O10. The number of unbranched alkanes of at least 4 members (excludes halogenated alkanes) is 2. The molecule has 12 nitrogen and oxygen atoms in total. The molecule has 14 heteroatoms. The molecule has 2 atom stereocenters. The van der Waals surface area contributed by atoms with Gasteiger partial charge in [-0.05, 0) is 88.9 Å². The number of halogens is 2. The molecule has 0 aliphatic heterocycles.